The minimum atomic E-state index is -1.77. The second kappa shape index (κ2) is 11.2. The Kier molecular flexibility index (Phi) is 9.99. The second-order valence-electron chi connectivity index (χ2n) is 6.24. The summed E-state index contributed by atoms with van der Waals surface area (Å²) in [7, 11) is 14.9. The van der Waals surface area contributed by atoms with Gasteiger partial charge in [0.25, 0.3) is 0 Å². The number of benzene rings is 2. The van der Waals surface area contributed by atoms with E-state index in [1.54, 1.807) is 12.4 Å². The molecule has 0 aromatic heterocycles. The van der Waals surface area contributed by atoms with Gasteiger partial charge in [0, 0.05) is 12.4 Å². The van der Waals surface area contributed by atoms with E-state index in [1.807, 2.05) is 0 Å². The number of rotatable bonds is 3. The molecule has 0 spiro atoms. The molecule has 0 atom stereocenters. The van der Waals surface area contributed by atoms with Crippen molar-refractivity contribution in [1.29, 1.82) is 0 Å². The molecule has 0 amide bonds. The van der Waals surface area contributed by atoms with Gasteiger partial charge in [-0.25, -0.2) is 0 Å². The first-order valence-corrected chi connectivity index (χ1v) is 13.9. The van der Waals surface area contributed by atoms with Crippen LogP contribution in [0.2, 0.25) is 0 Å². The van der Waals surface area contributed by atoms with Crippen molar-refractivity contribution in [2.75, 3.05) is 0 Å². The summed E-state index contributed by atoms with van der Waals surface area (Å²) in [5, 5.41) is 0. The van der Waals surface area contributed by atoms with Crippen LogP contribution in [-0.4, -0.2) is 12.4 Å². The zero-order chi connectivity index (χ0) is 19.9. The SMILES string of the molecule is Cc1cc(C)c(N=CC=Nc2c(C)cc(C)cc2C)c(C)c1.[Cl][V]([Cl])[Cl]. The Labute approximate surface area is 174 Å². The van der Waals surface area contributed by atoms with Crippen LogP contribution in [0.15, 0.2) is 34.3 Å². The van der Waals surface area contributed by atoms with Gasteiger partial charge in [-0.05, 0) is 63.8 Å². The maximum absolute atomic E-state index is 4.95. The zero-order valence-electron chi connectivity index (χ0n) is 15.9. The predicted octanol–water partition coefficient (Wildman–Crippen LogP) is 7.71. The van der Waals surface area contributed by atoms with Gasteiger partial charge >= 0.3 is 41.8 Å². The van der Waals surface area contributed by atoms with Crippen molar-refractivity contribution in [3.63, 3.8) is 0 Å². The Hall–Kier alpha value is -0.766. The molecule has 6 heteroatoms. The van der Waals surface area contributed by atoms with Crippen LogP contribution in [0.5, 0.6) is 0 Å². The summed E-state index contributed by atoms with van der Waals surface area (Å²) in [5.74, 6) is 0. The van der Waals surface area contributed by atoms with Gasteiger partial charge in [0.1, 0.15) is 0 Å². The van der Waals surface area contributed by atoms with Gasteiger partial charge in [0.15, 0.2) is 0 Å². The number of hydrogen-bond donors (Lipinski definition) is 0. The summed E-state index contributed by atoms with van der Waals surface area (Å²) in [5.41, 5.74) is 9.41. The fraction of sp³-hybridized carbons (Fsp3) is 0.300. The molecule has 26 heavy (non-hydrogen) atoms. The number of aryl methyl sites for hydroxylation is 6. The molecule has 140 valence electrons. The molecular weight excluding hydrogens is 426 g/mol. The maximum atomic E-state index is 4.95. The van der Waals surface area contributed by atoms with Crippen LogP contribution in [-0.2, 0) is 12.3 Å². The molecule has 2 aromatic carbocycles. The van der Waals surface area contributed by atoms with E-state index in [9.17, 15) is 0 Å². The van der Waals surface area contributed by atoms with E-state index in [0.29, 0.717) is 0 Å². The molecule has 2 aromatic rings. The van der Waals surface area contributed by atoms with E-state index < -0.39 is 12.3 Å². The quantitative estimate of drug-likeness (QED) is 0.429. The summed E-state index contributed by atoms with van der Waals surface area (Å²) in [6.07, 6.45) is 3.56. The van der Waals surface area contributed by atoms with Crippen LogP contribution >= 0.6 is 29.5 Å². The number of aliphatic imine (C=N–C) groups is 2. The molecule has 0 radical (unpaired) electrons. The standard InChI is InChI=1S/C20H24N2.3ClH.V/c1-13-9-15(3)19(16(4)10-13)21-7-8-22-20-17(5)11-14(2)12-18(20)6;;;;/h7-12H,1-6H3;3*1H;/q;;;;+3/p-3. The molecule has 0 bridgehead atoms. The predicted molar refractivity (Wildman–Crippen MR) is 115 cm³/mol. The molecular formula is C20H24Cl3N2V. The molecule has 0 heterocycles. The van der Waals surface area contributed by atoms with E-state index in [0.717, 1.165) is 11.4 Å². The third-order valence-corrected chi connectivity index (χ3v) is 3.74. The van der Waals surface area contributed by atoms with E-state index in [2.05, 4.69) is 75.8 Å². The van der Waals surface area contributed by atoms with Gasteiger partial charge in [-0.2, -0.15) is 0 Å². The average Bonchev–Trinajstić information content (AvgIpc) is 2.46. The third-order valence-electron chi connectivity index (χ3n) is 3.74. The van der Waals surface area contributed by atoms with E-state index in [4.69, 9.17) is 29.5 Å². The number of hydrogen-bond acceptors (Lipinski definition) is 2. The van der Waals surface area contributed by atoms with Gasteiger partial charge in [-0.1, -0.05) is 35.4 Å². The van der Waals surface area contributed by atoms with Crippen molar-refractivity contribution in [2.45, 2.75) is 41.5 Å². The van der Waals surface area contributed by atoms with Crippen molar-refractivity contribution >= 4 is 53.3 Å². The molecule has 0 N–H and O–H groups in total. The number of nitrogens with zero attached hydrogens (tertiary/aromatic N) is 2. The zero-order valence-corrected chi connectivity index (χ0v) is 19.6. The van der Waals surface area contributed by atoms with Crippen molar-refractivity contribution < 1.29 is 12.3 Å². The van der Waals surface area contributed by atoms with Gasteiger partial charge in [0.2, 0.25) is 0 Å². The van der Waals surface area contributed by atoms with Crippen LogP contribution < -0.4 is 0 Å². The fourth-order valence-corrected chi connectivity index (χ4v) is 2.97. The first-order chi connectivity index (χ1) is 12.1. The molecule has 0 unspecified atom stereocenters. The summed E-state index contributed by atoms with van der Waals surface area (Å²) >= 11 is -1.77. The van der Waals surface area contributed by atoms with Crippen LogP contribution in [0.4, 0.5) is 11.4 Å². The first kappa shape index (κ1) is 23.3. The summed E-state index contributed by atoms with van der Waals surface area (Å²) in [4.78, 5) is 9.13. The van der Waals surface area contributed by atoms with Gasteiger partial charge in [-0.15, -0.1) is 0 Å². The Morgan fingerprint density at radius 1 is 0.615 bits per heavy atom. The van der Waals surface area contributed by atoms with Crippen LogP contribution in [0.25, 0.3) is 0 Å². The molecule has 2 rings (SSSR count). The summed E-state index contributed by atoms with van der Waals surface area (Å²) in [6.45, 7) is 12.6. The van der Waals surface area contributed by atoms with Gasteiger partial charge in [0.05, 0.1) is 11.4 Å². The Bertz CT molecular complexity index is 700. The second-order valence-corrected chi connectivity index (χ2v) is 13.2. The minimum absolute atomic E-state index is 1.04. The Morgan fingerprint density at radius 2 is 0.846 bits per heavy atom. The summed E-state index contributed by atoms with van der Waals surface area (Å²) in [6, 6.07) is 8.63. The van der Waals surface area contributed by atoms with Crippen molar-refractivity contribution in [2.24, 2.45) is 9.98 Å². The van der Waals surface area contributed by atoms with Crippen LogP contribution in [0, 0.1) is 41.5 Å². The molecule has 2 nitrogen and oxygen atoms in total. The van der Waals surface area contributed by atoms with Crippen molar-refractivity contribution in [3.05, 3.63) is 57.6 Å². The summed E-state index contributed by atoms with van der Waals surface area (Å²) < 4.78 is 0. The average molecular weight is 450 g/mol. The topological polar surface area (TPSA) is 24.7 Å². The normalized spacial score (nSPS) is 11.3. The Morgan fingerprint density at radius 3 is 1.08 bits per heavy atom. The van der Waals surface area contributed by atoms with E-state index in [1.165, 1.54) is 33.4 Å². The third kappa shape index (κ3) is 7.86. The van der Waals surface area contributed by atoms with Crippen LogP contribution in [0.3, 0.4) is 0 Å². The molecule has 0 saturated heterocycles. The van der Waals surface area contributed by atoms with E-state index >= 15 is 0 Å². The molecule has 0 aliphatic heterocycles. The van der Waals surface area contributed by atoms with Gasteiger partial charge in [-0.3, -0.25) is 9.98 Å². The number of halogens is 3. The van der Waals surface area contributed by atoms with Crippen LogP contribution in [0.1, 0.15) is 33.4 Å². The first-order valence-electron chi connectivity index (χ1n) is 8.11. The molecule has 0 fully saturated rings. The molecule has 0 saturated carbocycles. The van der Waals surface area contributed by atoms with Crippen molar-refractivity contribution in [3.8, 4) is 0 Å². The molecule has 0 aliphatic carbocycles. The van der Waals surface area contributed by atoms with Gasteiger partial charge < -0.3 is 0 Å². The molecule has 0 aliphatic rings. The van der Waals surface area contributed by atoms with E-state index in [-0.39, 0.29) is 0 Å². The Balaban J connectivity index is 0.000000765. The monoisotopic (exact) mass is 448 g/mol. The van der Waals surface area contributed by atoms with Crippen molar-refractivity contribution in [1.82, 2.24) is 0 Å². The fourth-order valence-electron chi connectivity index (χ4n) is 2.97.